The van der Waals surface area contributed by atoms with Gasteiger partial charge in [0.2, 0.25) is 5.95 Å². The van der Waals surface area contributed by atoms with Gasteiger partial charge in [-0.25, -0.2) is 4.98 Å². The number of ether oxygens (including phenoxy) is 1. The minimum absolute atomic E-state index is 0.0182. The minimum atomic E-state index is -0.741. The smallest absolute Gasteiger partial charge is 0.296 e. The lowest BCUT2D eigenvalue weighted by Gasteiger charge is -2.21. The van der Waals surface area contributed by atoms with Gasteiger partial charge in [-0.15, -0.1) is 0 Å². The number of benzene rings is 4. The van der Waals surface area contributed by atoms with Crippen LogP contribution in [0.1, 0.15) is 55.2 Å². The number of hydrogen-bond acceptors (Lipinski definition) is 7. The Labute approximate surface area is 251 Å². The van der Waals surface area contributed by atoms with E-state index in [9.17, 15) is 9.59 Å². The van der Waals surface area contributed by atoms with Crippen molar-refractivity contribution < 1.29 is 14.3 Å². The number of amides is 1. The average molecular weight is 574 g/mol. The first-order valence-electron chi connectivity index (χ1n) is 14.1. The first-order chi connectivity index (χ1) is 20.6. The van der Waals surface area contributed by atoms with E-state index in [1.54, 1.807) is 30.5 Å². The van der Waals surface area contributed by atoms with Crippen LogP contribution in [0.2, 0.25) is 0 Å². The van der Waals surface area contributed by atoms with Crippen molar-refractivity contribution >= 4 is 45.6 Å². The lowest BCUT2D eigenvalue weighted by molar-refractivity contribution is -0.112. The predicted molar refractivity (Wildman–Crippen MR) is 172 cm³/mol. The molecule has 0 radical (unpaired) electrons. The molecular weight excluding hydrogens is 538 g/mol. The summed E-state index contributed by atoms with van der Waals surface area (Å²) < 4.78 is 5.44. The minimum Gasteiger partial charge on any atom is -0.495 e. The number of nitrogens with one attached hydrogen (secondary N) is 3. The molecule has 1 amide bonds. The van der Waals surface area contributed by atoms with Crippen LogP contribution in [0.4, 0.5) is 23.1 Å². The molecule has 1 aromatic heterocycles. The summed E-state index contributed by atoms with van der Waals surface area (Å²) in [5, 5.41) is 10.9. The van der Waals surface area contributed by atoms with E-state index in [1.165, 1.54) is 7.11 Å². The monoisotopic (exact) mass is 573 g/mol. The Morgan fingerprint density at radius 1 is 0.837 bits per heavy atom. The first kappa shape index (κ1) is 29.3. The molecule has 1 atom stereocenters. The first-order valence-corrected chi connectivity index (χ1v) is 14.1. The van der Waals surface area contributed by atoms with Gasteiger partial charge < -0.3 is 20.7 Å². The van der Waals surface area contributed by atoms with Gasteiger partial charge in [0.1, 0.15) is 11.6 Å². The second kappa shape index (κ2) is 12.3. The zero-order chi connectivity index (χ0) is 30.6. The van der Waals surface area contributed by atoms with Crippen molar-refractivity contribution in [3.63, 3.8) is 0 Å². The van der Waals surface area contributed by atoms with Gasteiger partial charge in [-0.2, -0.15) is 4.98 Å². The summed E-state index contributed by atoms with van der Waals surface area (Å²) in [7, 11) is 1.53. The third-order valence-corrected chi connectivity index (χ3v) is 7.25. The van der Waals surface area contributed by atoms with Crippen LogP contribution in [0.15, 0.2) is 97.2 Å². The highest BCUT2D eigenvalue weighted by atomic mass is 16.5. The molecule has 43 heavy (non-hydrogen) atoms. The normalized spacial score (nSPS) is 11.9. The molecule has 8 heteroatoms. The van der Waals surface area contributed by atoms with Crippen LogP contribution < -0.4 is 20.7 Å². The van der Waals surface area contributed by atoms with E-state index in [-0.39, 0.29) is 11.5 Å². The quantitative estimate of drug-likeness (QED) is 0.123. The van der Waals surface area contributed by atoms with E-state index in [2.05, 4.69) is 65.7 Å². The molecule has 5 aromatic rings. The third kappa shape index (κ3) is 6.64. The van der Waals surface area contributed by atoms with Crippen LogP contribution in [0, 0.1) is 0 Å². The van der Waals surface area contributed by atoms with Crippen molar-refractivity contribution in [1.82, 2.24) is 9.97 Å². The molecule has 8 nitrogen and oxygen atoms in total. The van der Waals surface area contributed by atoms with E-state index in [1.807, 2.05) is 54.6 Å². The number of carbonyl (C=O) groups excluding carboxylic acids is 2. The van der Waals surface area contributed by atoms with Crippen molar-refractivity contribution in [2.24, 2.45) is 0 Å². The maximum atomic E-state index is 13.5. The van der Waals surface area contributed by atoms with Crippen molar-refractivity contribution in [2.45, 2.75) is 39.2 Å². The molecule has 4 aromatic carbocycles. The molecule has 0 aliphatic rings. The molecule has 0 fully saturated rings. The number of ketones is 1. The van der Waals surface area contributed by atoms with Crippen LogP contribution in [0.25, 0.3) is 10.8 Å². The number of carbonyl (C=O) groups is 2. The van der Waals surface area contributed by atoms with Crippen molar-refractivity contribution in [3.8, 4) is 5.75 Å². The van der Waals surface area contributed by atoms with Crippen molar-refractivity contribution in [3.05, 3.63) is 114 Å². The molecule has 5 rings (SSSR count). The maximum Gasteiger partial charge on any atom is 0.296 e. The number of Topliss-reactive ketones (excluding diaryl/α,β-unsaturated/α-hetero) is 1. The Morgan fingerprint density at radius 3 is 2.28 bits per heavy atom. The number of fused-ring (bicyclic) bond motifs is 1. The lowest BCUT2D eigenvalue weighted by atomic mass is 9.87. The Kier molecular flexibility index (Phi) is 8.39. The summed E-state index contributed by atoms with van der Waals surface area (Å²) in [5.74, 6) is 0.171. The van der Waals surface area contributed by atoms with E-state index in [4.69, 9.17) is 4.74 Å². The van der Waals surface area contributed by atoms with Gasteiger partial charge in [0.15, 0.2) is 0 Å². The number of anilines is 4. The molecular formula is C35H35N5O3. The SMILES string of the molecule is COc1ccc(C(C)(C)C)cc1NC(=O)C(=O)c1ccc(Nc2ccnc(N[C@@H](C)c3ccccc3)n2)c2ccccc12. The molecule has 0 unspecified atom stereocenters. The number of aromatic nitrogens is 2. The second-order valence-electron chi connectivity index (χ2n) is 11.3. The highest BCUT2D eigenvalue weighted by Crippen LogP contribution is 2.33. The molecule has 0 saturated carbocycles. The summed E-state index contributed by atoms with van der Waals surface area (Å²) in [4.78, 5) is 35.7. The number of methoxy groups -OCH3 is 1. The van der Waals surface area contributed by atoms with Gasteiger partial charge in [-0.3, -0.25) is 9.59 Å². The fourth-order valence-electron chi connectivity index (χ4n) is 4.83. The van der Waals surface area contributed by atoms with Gasteiger partial charge in [0, 0.05) is 22.8 Å². The highest BCUT2D eigenvalue weighted by molar-refractivity contribution is 6.48. The van der Waals surface area contributed by atoms with Crippen LogP contribution >= 0.6 is 0 Å². The third-order valence-electron chi connectivity index (χ3n) is 7.25. The summed E-state index contributed by atoms with van der Waals surface area (Å²) >= 11 is 0. The predicted octanol–water partition coefficient (Wildman–Crippen LogP) is 7.67. The van der Waals surface area contributed by atoms with Crippen molar-refractivity contribution in [1.29, 1.82) is 0 Å². The standard InChI is InChI=1S/C35H35N5O3/c1-22(23-11-7-6-8-12-23)37-34-36-20-19-31(40-34)38-28-17-16-27(25-13-9-10-14-26(25)28)32(41)33(42)39-29-21-24(35(2,3)4)15-18-30(29)43-5/h6-22H,1-5H3,(H,39,42)(H2,36,37,38,40)/t22-/m0/s1. The Balaban J connectivity index is 1.38. The fraction of sp³-hybridized carbons (Fsp3) is 0.200. The van der Waals surface area contributed by atoms with E-state index in [0.717, 1.165) is 22.2 Å². The molecule has 0 bridgehead atoms. The summed E-state index contributed by atoms with van der Waals surface area (Å²) in [5.41, 5.74) is 3.48. The Hall–Kier alpha value is -5.24. The maximum absolute atomic E-state index is 13.5. The molecule has 0 aliphatic heterocycles. The lowest BCUT2D eigenvalue weighted by Crippen LogP contribution is -2.24. The van der Waals surface area contributed by atoms with Gasteiger partial charge >= 0.3 is 0 Å². The number of nitrogens with zero attached hydrogens (tertiary/aromatic N) is 2. The number of rotatable bonds is 9. The molecule has 0 saturated heterocycles. The number of hydrogen-bond donors (Lipinski definition) is 3. The molecule has 218 valence electrons. The summed E-state index contributed by atoms with van der Waals surface area (Å²) in [6.07, 6.45) is 1.68. The van der Waals surface area contributed by atoms with Crippen LogP contribution in [-0.4, -0.2) is 28.8 Å². The van der Waals surface area contributed by atoms with Gasteiger partial charge in [-0.1, -0.05) is 81.4 Å². The Bertz CT molecular complexity index is 1780. The van der Waals surface area contributed by atoms with E-state index in [0.29, 0.717) is 34.2 Å². The zero-order valence-corrected chi connectivity index (χ0v) is 24.9. The fourth-order valence-corrected chi connectivity index (χ4v) is 4.83. The molecule has 0 aliphatic carbocycles. The second-order valence-corrected chi connectivity index (χ2v) is 11.3. The van der Waals surface area contributed by atoms with Gasteiger partial charge in [0.25, 0.3) is 11.7 Å². The van der Waals surface area contributed by atoms with E-state index >= 15 is 0 Å². The summed E-state index contributed by atoms with van der Waals surface area (Å²) in [6, 6.07) is 28.4. The van der Waals surface area contributed by atoms with E-state index < -0.39 is 11.7 Å². The van der Waals surface area contributed by atoms with Crippen LogP contribution in [-0.2, 0) is 10.2 Å². The van der Waals surface area contributed by atoms with Gasteiger partial charge in [-0.05, 0) is 59.2 Å². The van der Waals surface area contributed by atoms with Gasteiger partial charge in [0.05, 0.1) is 18.8 Å². The average Bonchev–Trinajstić information content (AvgIpc) is 3.01. The summed E-state index contributed by atoms with van der Waals surface area (Å²) in [6.45, 7) is 8.29. The highest BCUT2D eigenvalue weighted by Gasteiger charge is 2.23. The van der Waals surface area contributed by atoms with Crippen LogP contribution in [0.3, 0.4) is 0 Å². The Morgan fingerprint density at radius 2 is 1.56 bits per heavy atom. The molecule has 3 N–H and O–H groups in total. The molecule has 0 spiro atoms. The topological polar surface area (TPSA) is 105 Å². The zero-order valence-electron chi connectivity index (χ0n) is 24.9. The largest absolute Gasteiger partial charge is 0.495 e. The van der Waals surface area contributed by atoms with Crippen molar-refractivity contribution in [2.75, 3.05) is 23.1 Å². The van der Waals surface area contributed by atoms with Crippen LogP contribution in [0.5, 0.6) is 5.75 Å². The molecule has 1 heterocycles.